The largest absolute Gasteiger partial charge is 0.463 e. The van der Waals surface area contributed by atoms with E-state index in [1.165, 1.54) is 30.0 Å². The van der Waals surface area contributed by atoms with Gasteiger partial charge in [-0.15, -0.1) is 0 Å². The molecule has 1 aromatic heterocycles. The normalized spacial score (nSPS) is 19.8. The lowest BCUT2D eigenvalue weighted by atomic mass is 9.94. The summed E-state index contributed by atoms with van der Waals surface area (Å²) in [4.78, 5) is 30.4. The Labute approximate surface area is 237 Å². The van der Waals surface area contributed by atoms with E-state index in [2.05, 4.69) is 4.99 Å². The summed E-state index contributed by atoms with van der Waals surface area (Å²) in [5, 5.41) is 24.0. The fourth-order valence-electron chi connectivity index (χ4n) is 4.40. The minimum atomic E-state index is -1.15. The zero-order chi connectivity index (χ0) is 27.8. The van der Waals surface area contributed by atoms with Gasteiger partial charge in [0.1, 0.15) is 11.5 Å². The van der Waals surface area contributed by atoms with Crippen LogP contribution < -0.4 is 0 Å². The Morgan fingerprint density at radius 1 is 1.23 bits per heavy atom. The maximum atomic E-state index is 13.0. The fraction of sp³-hybridized carbons (Fsp3) is 0.185. The number of halogens is 2. The molecular formula is C27H21Cl2N3O6S. The Morgan fingerprint density at radius 2 is 1.97 bits per heavy atom. The van der Waals surface area contributed by atoms with Crippen LogP contribution in [0.2, 0.25) is 10.0 Å². The number of esters is 1. The van der Waals surface area contributed by atoms with Crippen molar-refractivity contribution in [2.45, 2.75) is 26.1 Å². The number of nitrogens with zero attached hydrogens (tertiary/aromatic N) is 3. The molecule has 0 aliphatic carbocycles. The molecule has 12 heteroatoms. The number of rotatable bonds is 6. The molecule has 0 saturated carbocycles. The van der Waals surface area contributed by atoms with E-state index < -0.39 is 23.2 Å². The van der Waals surface area contributed by atoms with Gasteiger partial charge in [0.25, 0.3) is 5.69 Å². The number of nitro groups is 1. The lowest BCUT2D eigenvalue weighted by Gasteiger charge is -2.36. The Hall–Kier alpha value is -3.57. The first-order valence-electron chi connectivity index (χ1n) is 11.8. The Balaban J connectivity index is 1.51. The van der Waals surface area contributed by atoms with Crippen LogP contribution in [-0.4, -0.2) is 38.9 Å². The Bertz CT molecular complexity index is 1560. The molecule has 2 atom stereocenters. The molecule has 0 spiro atoms. The summed E-state index contributed by atoms with van der Waals surface area (Å²) in [6.45, 7) is 3.65. The first-order chi connectivity index (χ1) is 18.7. The highest BCUT2D eigenvalue weighted by Gasteiger charge is 2.45. The molecule has 0 unspecified atom stereocenters. The van der Waals surface area contributed by atoms with Crippen LogP contribution in [0.5, 0.6) is 0 Å². The van der Waals surface area contributed by atoms with E-state index in [0.29, 0.717) is 48.5 Å². The number of hydrogen-bond acceptors (Lipinski definition) is 9. The van der Waals surface area contributed by atoms with Crippen LogP contribution in [0.4, 0.5) is 5.69 Å². The molecule has 0 amide bonds. The number of nitro benzene ring substituents is 1. The van der Waals surface area contributed by atoms with Crippen molar-refractivity contribution in [1.82, 2.24) is 4.90 Å². The highest BCUT2D eigenvalue weighted by Crippen LogP contribution is 2.47. The molecule has 0 bridgehead atoms. The molecule has 3 heterocycles. The van der Waals surface area contributed by atoms with Gasteiger partial charge in [-0.05, 0) is 55.8 Å². The van der Waals surface area contributed by atoms with Crippen LogP contribution in [0.3, 0.4) is 0 Å². The van der Waals surface area contributed by atoms with Crippen molar-refractivity contribution in [3.63, 3.8) is 0 Å². The number of hydrogen-bond donors (Lipinski definition) is 1. The molecule has 0 radical (unpaired) electrons. The third kappa shape index (κ3) is 5.20. The number of amidine groups is 1. The molecule has 2 aliphatic rings. The predicted octanol–water partition coefficient (Wildman–Crippen LogP) is 6.82. The van der Waals surface area contributed by atoms with Crippen molar-refractivity contribution < 1.29 is 24.0 Å². The van der Waals surface area contributed by atoms with Gasteiger partial charge in [0.05, 0.1) is 33.9 Å². The second-order valence-electron chi connectivity index (χ2n) is 8.62. The number of aliphatic hydroxyl groups excluding tert-OH is 1. The Morgan fingerprint density at radius 3 is 2.67 bits per heavy atom. The summed E-state index contributed by atoms with van der Waals surface area (Å²) < 4.78 is 11.2. The van der Waals surface area contributed by atoms with E-state index in [9.17, 15) is 20.0 Å². The molecule has 9 nitrogen and oxygen atoms in total. The quantitative estimate of drug-likeness (QED) is 0.190. The van der Waals surface area contributed by atoms with E-state index in [4.69, 9.17) is 32.4 Å². The van der Waals surface area contributed by atoms with Crippen LogP contribution in [0.1, 0.15) is 31.2 Å². The predicted molar refractivity (Wildman–Crippen MR) is 150 cm³/mol. The maximum Gasteiger partial charge on any atom is 0.338 e. The topological polar surface area (TPSA) is 118 Å². The van der Waals surface area contributed by atoms with Crippen LogP contribution in [0, 0.1) is 10.1 Å². The van der Waals surface area contributed by atoms with E-state index >= 15 is 0 Å². The first kappa shape index (κ1) is 27.0. The van der Waals surface area contributed by atoms with E-state index in [-0.39, 0.29) is 12.3 Å². The van der Waals surface area contributed by atoms with Gasteiger partial charge in [0.15, 0.2) is 11.4 Å². The molecule has 1 fully saturated rings. The SMILES string of the molecule is CCOC(=O)C1=C(C)N=C2S/C(=C\c3ccc(-c4cc([N+](=O)[O-])ccc4Cl)o3)[C@H](O)N2[C@@H]1c1ccc(Cl)cc1. The number of carbonyl (C=O) groups is 1. The van der Waals surface area contributed by atoms with Crippen molar-refractivity contribution in [3.05, 3.63) is 102 Å². The third-order valence-electron chi connectivity index (χ3n) is 6.17. The van der Waals surface area contributed by atoms with Crippen molar-refractivity contribution in [3.8, 4) is 11.3 Å². The van der Waals surface area contributed by atoms with Crippen molar-refractivity contribution >= 4 is 57.9 Å². The number of fused-ring (bicyclic) bond motifs is 1. The van der Waals surface area contributed by atoms with Gasteiger partial charge in [-0.25, -0.2) is 9.79 Å². The van der Waals surface area contributed by atoms with Crippen LogP contribution in [-0.2, 0) is 9.53 Å². The molecule has 200 valence electrons. The van der Waals surface area contributed by atoms with E-state index in [0.717, 1.165) is 5.56 Å². The van der Waals surface area contributed by atoms with Gasteiger partial charge >= 0.3 is 5.97 Å². The average molecular weight is 586 g/mol. The van der Waals surface area contributed by atoms with Crippen molar-refractivity contribution in [2.75, 3.05) is 6.61 Å². The minimum Gasteiger partial charge on any atom is -0.463 e. The first-order valence-corrected chi connectivity index (χ1v) is 13.4. The number of thioether (sulfide) groups is 1. The number of benzene rings is 2. The number of non-ortho nitro benzene ring substituents is 1. The summed E-state index contributed by atoms with van der Waals surface area (Å²) in [5.41, 5.74) is 1.80. The molecule has 2 aromatic carbocycles. The molecule has 3 aromatic rings. The lowest BCUT2D eigenvalue weighted by molar-refractivity contribution is -0.384. The van der Waals surface area contributed by atoms with Gasteiger partial charge in [0, 0.05) is 27.6 Å². The second-order valence-corrected chi connectivity index (χ2v) is 10.5. The van der Waals surface area contributed by atoms with Crippen LogP contribution >= 0.6 is 35.0 Å². The zero-order valence-corrected chi connectivity index (χ0v) is 23.0. The van der Waals surface area contributed by atoms with Gasteiger partial charge < -0.3 is 19.2 Å². The minimum absolute atomic E-state index is 0.115. The fourth-order valence-corrected chi connectivity index (χ4v) is 5.84. The standard InChI is InChI=1S/C27H21Cl2N3O6S/c1-3-37-26(34)23-14(2)30-27-31(24(23)15-4-6-16(28)7-5-15)25(33)22(39-27)13-18-9-11-21(38-18)19-12-17(32(35)36)8-10-20(19)29/h4-13,24-25,33H,3H2,1-2H3/b22-13-/t24-,25+/m1/s1. The molecule has 5 rings (SSSR count). The molecule has 39 heavy (non-hydrogen) atoms. The number of furan rings is 1. The highest BCUT2D eigenvalue weighted by molar-refractivity contribution is 8.17. The van der Waals surface area contributed by atoms with Gasteiger partial charge in [-0.1, -0.05) is 47.1 Å². The number of allylic oxidation sites excluding steroid dienone is 1. The zero-order valence-electron chi connectivity index (χ0n) is 20.6. The highest BCUT2D eigenvalue weighted by atomic mass is 35.5. The monoisotopic (exact) mass is 585 g/mol. The lowest BCUT2D eigenvalue weighted by Crippen LogP contribution is -2.41. The summed E-state index contributed by atoms with van der Waals surface area (Å²) in [6.07, 6.45) is 0.505. The van der Waals surface area contributed by atoms with Crippen molar-refractivity contribution in [1.29, 1.82) is 0 Å². The maximum absolute atomic E-state index is 13.0. The van der Waals surface area contributed by atoms with Gasteiger partial charge in [-0.2, -0.15) is 0 Å². The summed E-state index contributed by atoms with van der Waals surface area (Å²) in [7, 11) is 0. The molecule has 2 aliphatic heterocycles. The molecule has 1 N–H and O–H groups in total. The average Bonchev–Trinajstić information content (AvgIpc) is 3.48. The van der Waals surface area contributed by atoms with Crippen LogP contribution in [0.15, 0.2) is 80.2 Å². The Kier molecular flexibility index (Phi) is 7.55. The number of aliphatic hydroxyl groups is 1. The summed E-state index contributed by atoms with van der Waals surface area (Å²) >= 11 is 13.6. The second kappa shape index (κ2) is 10.9. The summed E-state index contributed by atoms with van der Waals surface area (Å²) in [5.74, 6) is 0.217. The van der Waals surface area contributed by atoms with Crippen LogP contribution in [0.25, 0.3) is 17.4 Å². The number of ether oxygens (including phenoxy) is 1. The number of aliphatic imine (C=N–C) groups is 1. The van der Waals surface area contributed by atoms with E-state index in [1.54, 1.807) is 61.2 Å². The smallest absolute Gasteiger partial charge is 0.338 e. The molecule has 1 saturated heterocycles. The summed E-state index contributed by atoms with van der Waals surface area (Å²) in [6, 6.07) is 13.8. The number of carbonyl (C=O) groups excluding carboxylic acids is 1. The van der Waals surface area contributed by atoms with E-state index in [1.807, 2.05) is 0 Å². The molecular weight excluding hydrogens is 565 g/mol. The third-order valence-corrected chi connectivity index (χ3v) is 7.80. The van der Waals surface area contributed by atoms with Gasteiger partial charge in [-0.3, -0.25) is 10.1 Å². The van der Waals surface area contributed by atoms with Gasteiger partial charge in [0.2, 0.25) is 0 Å². The van der Waals surface area contributed by atoms with Crippen molar-refractivity contribution in [2.24, 2.45) is 4.99 Å².